The molecule has 0 aliphatic carbocycles. The van der Waals surface area contributed by atoms with Crippen molar-refractivity contribution in [3.8, 4) is 0 Å². The van der Waals surface area contributed by atoms with Crippen molar-refractivity contribution in [1.29, 1.82) is 0 Å². The Bertz CT molecular complexity index is 587. The second kappa shape index (κ2) is 6.91. The highest BCUT2D eigenvalue weighted by atomic mass is 35.5. The monoisotopic (exact) mass is 334 g/mol. The van der Waals surface area contributed by atoms with E-state index < -0.39 is 0 Å². The number of nitrogens with zero attached hydrogens (tertiary/aromatic N) is 2. The fraction of sp³-hybridized carbons (Fsp3) is 0.556. The summed E-state index contributed by atoms with van der Waals surface area (Å²) >= 11 is 5.90. The van der Waals surface area contributed by atoms with Gasteiger partial charge >= 0.3 is 0 Å². The second-order valence-corrected chi connectivity index (χ2v) is 6.91. The van der Waals surface area contributed by atoms with Gasteiger partial charge in [-0.25, -0.2) is 0 Å². The molecule has 2 aliphatic heterocycles. The molecule has 4 nitrogen and oxygen atoms in total. The lowest BCUT2D eigenvalue weighted by molar-refractivity contribution is -0.139. The Morgan fingerprint density at radius 3 is 2.70 bits per heavy atom. The molecular weight excluding hydrogens is 312 g/mol. The van der Waals surface area contributed by atoms with Crippen molar-refractivity contribution in [3.63, 3.8) is 0 Å². The molecule has 3 rings (SSSR count). The molecule has 2 heterocycles. The first-order chi connectivity index (χ1) is 11.1. The third-order valence-corrected chi connectivity index (χ3v) is 5.25. The molecule has 0 radical (unpaired) electrons. The summed E-state index contributed by atoms with van der Waals surface area (Å²) in [7, 11) is 0. The van der Waals surface area contributed by atoms with Gasteiger partial charge in [-0.2, -0.15) is 0 Å². The number of carbonyl (C=O) groups is 2. The molecule has 5 heteroatoms. The number of halogens is 1. The third-order valence-electron chi connectivity index (χ3n) is 4.99. The van der Waals surface area contributed by atoms with Crippen LogP contribution in [0, 0.1) is 5.92 Å². The van der Waals surface area contributed by atoms with E-state index >= 15 is 0 Å². The molecule has 2 aliphatic rings. The Morgan fingerprint density at radius 1 is 1.26 bits per heavy atom. The first-order valence-corrected chi connectivity index (χ1v) is 8.84. The SMILES string of the molecule is CCC1CCCCN1C(=O)C1CC(=O)N(c2ccc(Cl)cc2)C1. The van der Waals surface area contributed by atoms with E-state index in [0.29, 0.717) is 24.0 Å². The maximum Gasteiger partial charge on any atom is 0.228 e. The van der Waals surface area contributed by atoms with E-state index in [4.69, 9.17) is 11.6 Å². The van der Waals surface area contributed by atoms with Crippen LogP contribution in [-0.2, 0) is 9.59 Å². The van der Waals surface area contributed by atoms with Crippen LogP contribution in [0.1, 0.15) is 39.0 Å². The lowest BCUT2D eigenvalue weighted by Gasteiger charge is -2.36. The Morgan fingerprint density at radius 2 is 2.00 bits per heavy atom. The molecule has 1 aromatic carbocycles. The topological polar surface area (TPSA) is 40.6 Å². The number of hydrogen-bond donors (Lipinski definition) is 0. The van der Waals surface area contributed by atoms with E-state index in [2.05, 4.69) is 6.92 Å². The van der Waals surface area contributed by atoms with Gasteiger partial charge in [-0.05, 0) is 49.9 Å². The van der Waals surface area contributed by atoms with E-state index in [-0.39, 0.29) is 17.7 Å². The lowest BCUT2D eigenvalue weighted by Crippen LogP contribution is -2.46. The number of amides is 2. The summed E-state index contributed by atoms with van der Waals surface area (Å²) in [6.07, 6.45) is 4.66. The van der Waals surface area contributed by atoms with Crippen LogP contribution < -0.4 is 4.90 Å². The Balaban J connectivity index is 1.71. The minimum atomic E-state index is -0.217. The van der Waals surface area contributed by atoms with Crippen LogP contribution in [0.2, 0.25) is 5.02 Å². The highest BCUT2D eigenvalue weighted by Gasteiger charge is 2.39. The quantitative estimate of drug-likeness (QED) is 0.849. The molecule has 1 aromatic rings. The van der Waals surface area contributed by atoms with Crippen molar-refractivity contribution < 1.29 is 9.59 Å². The van der Waals surface area contributed by atoms with Crippen LogP contribution in [-0.4, -0.2) is 35.8 Å². The van der Waals surface area contributed by atoms with Gasteiger partial charge < -0.3 is 9.80 Å². The van der Waals surface area contributed by atoms with E-state index in [9.17, 15) is 9.59 Å². The number of rotatable bonds is 3. The molecule has 0 saturated carbocycles. The Kier molecular flexibility index (Phi) is 4.90. The normalized spacial score (nSPS) is 25.0. The highest BCUT2D eigenvalue weighted by molar-refractivity contribution is 6.30. The molecule has 2 saturated heterocycles. The molecule has 2 fully saturated rings. The molecule has 2 amide bonds. The van der Waals surface area contributed by atoms with Gasteiger partial charge in [-0.3, -0.25) is 9.59 Å². The van der Waals surface area contributed by atoms with Gasteiger partial charge in [0.15, 0.2) is 0 Å². The van der Waals surface area contributed by atoms with Crippen LogP contribution in [0.25, 0.3) is 0 Å². The Hall–Kier alpha value is -1.55. The minimum absolute atomic E-state index is 0.0238. The molecule has 2 atom stereocenters. The summed E-state index contributed by atoms with van der Waals surface area (Å²) in [4.78, 5) is 28.9. The number of hydrogen-bond acceptors (Lipinski definition) is 2. The third kappa shape index (κ3) is 3.37. The highest BCUT2D eigenvalue weighted by Crippen LogP contribution is 2.29. The van der Waals surface area contributed by atoms with Gasteiger partial charge in [0.05, 0.1) is 5.92 Å². The molecule has 0 spiro atoms. The van der Waals surface area contributed by atoms with Gasteiger partial charge in [0.1, 0.15) is 0 Å². The van der Waals surface area contributed by atoms with E-state index in [1.165, 1.54) is 6.42 Å². The number of benzene rings is 1. The number of piperidine rings is 1. The number of carbonyl (C=O) groups excluding carboxylic acids is 2. The Labute approximate surface area is 142 Å². The van der Waals surface area contributed by atoms with E-state index in [1.807, 2.05) is 17.0 Å². The van der Waals surface area contributed by atoms with Crippen molar-refractivity contribution in [2.24, 2.45) is 5.92 Å². The van der Waals surface area contributed by atoms with Crippen molar-refractivity contribution >= 4 is 29.1 Å². The van der Waals surface area contributed by atoms with Gasteiger partial charge in [0.25, 0.3) is 0 Å². The number of likely N-dealkylation sites (tertiary alicyclic amines) is 1. The van der Waals surface area contributed by atoms with Crippen molar-refractivity contribution in [2.45, 2.75) is 45.1 Å². The van der Waals surface area contributed by atoms with Crippen molar-refractivity contribution in [1.82, 2.24) is 4.90 Å². The largest absolute Gasteiger partial charge is 0.339 e. The average molecular weight is 335 g/mol. The molecule has 23 heavy (non-hydrogen) atoms. The first-order valence-electron chi connectivity index (χ1n) is 8.46. The summed E-state index contributed by atoms with van der Waals surface area (Å²) in [6, 6.07) is 7.57. The van der Waals surface area contributed by atoms with Gasteiger partial charge in [-0.15, -0.1) is 0 Å². The first kappa shape index (κ1) is 16.3. The summed E-state index contributed by atoms with van der Waals surface area (Å²) in [6.45, 7) is 3.45. The fourth-order valence-corrected chi connectivity index (χ4v) is 3.82. The second-order valence-electron chi connectivity index (χ2n) is 6.47. The van der Waals surface area contributed by atoms with Crippen LogP contribution >= 0.6 is 11.6 Å². The van der Waals surface area contributed by atoms with Gasteiger partial charge in [-0.1, -0.05) is 18.5 Å². The maximum absolute atomic E-state index is 12.9. The van der Waals surface area contributed by atoms with Gasteiger partial charge in [0, 0.05) is 36.3 Å². The standard InChI is InChI=1S/C18H23ClN2O2/c1-2-15-5-3-4-10-20(15)18(23)13-11-17(22)21(12-13)16-8-6-14(19)7-9-16/h6-9,13,15H,2-5,10-12H2,1H3. The predicted octanol–water partition coefficient (Wildman–Crippen LogP) is 3.48. The summed E-state index contributed by atoms with van der Waals surface area (Å²) < 4.78 is 0. The molecule has 2 unspecified atom stereocenters. The van der Waals surface area contributed by atoms with E-state index in [0.717, 1.165) is 31.5 Å². The molecule has 0 bridgehead atoms. The summed E-state index contributed by atoms with van der Waals surface area (Å²) in [5, 5.41) is 0.645. The van der Waals surface area contributed by atoms with Crippen LogP contribution in [0.15, 0.2) is 24.3 Å². The molecule has 124 valence electrons. The maximum atomic E-state index is 12.9. The zero-order valence-electron chi connectivity index (χ0n) is 13.5. The van der Waals surface area contributed by atoms with Crippen LogP contribution in [0.4, 0.5) is 5.69 Å². The van der Waals surface area contributed by atoms with Crippen LogP contribution in [0.3, 0.4) is 0 Å². The van der Waals surface area contributed by atoms with Crippen LogP contribution in [0.5, 0.6) is 0 Å². The van der Waals surface area contributed by atoms with Crippen molar-refractivity contribution in [3.05, 3.63) is 29.3 Å². The molecule has 0 aromatic heterocycles. The van der Waals surface area contributed by atoms with Crippen molar-refractivity contribution in [2.75, 3.05) is 18.0 Å². The minimum Gasteiger partial charge on any atom is -0.339 e. The number of anilines is 1. The molecular formula is C18H23ClN2O2. The fourth-order valence-electron chi connectivity index (χ4n) is 3.69. The zero-order chi connectivity index (χ0) is 16.4. The smallest absolute Gasteiger partial charge is 0.228 e. The predicted molar refractivity (Wildman–Crippen MR) is 91.6 cm³/mol. The zero-order valence-corrected chi connectivity index (χ0v) is 14.3. The summed E-state index contributed by atoms with van der Waals surface area (Å²) in [5.41, 5.74) is 0.820. The van der Waals surface area contributed by atoms with E-state index in [1.54, 1.807) is 17.0 Å². The van der Waals surface area contributed by atoms with Gasteiger partial charge in [0.2, 0.25) is 11.8 Å². The lowest BCUT2D eigenvalue weighted by atomic mass is 9.97. The summed E-state index contributed by atoms with van der Waals surface area (Å²) in [5.74, 6) is -0.0394. The molecule has 0 N–H and O–H groups in total. The average Bonchev–Trinajstić information content (AvgIpc) is 2.96.